The van der Waals surface area contributed by atoms with E-state index in [0.717, 1.165) is 18.8 Å². The predicted molar refractivity (Wildman–Crippen MR) is 81.4 cm³/mol. The van der Waals surface area contributed by atoms with Crippen LogP contribution in [0, 0.1) is 5.92 Å². The van der Waals surface area contributed by atoms with Gasteiger partial charge in [-0.15, -0.1) is 0 Å². The Bertz CT molecular complexity index is 473. The lowest BCUT2D eigenvalue weighted by Crippen LogP contribution is -2.39. The van der Waals surface area contributed by atoms with Crippen molar-refractivity contribution in [3.05, 3.63) is 23.2 Å². The molecule has 0 aromatic heterocycles. The normalized spacial score (nSPS) is 21.3. The van der Waals surface area contributed by atoms with E-state index in [0.29, 0.717) is 12.0 Å². The number of alkyl halides is 2. The number of halogens is 3. The molecule has 0 aliphatic carbocycles. The maximum absolute atomic E-state index is 12.2. The van der Waals surface area contributed by atoms with Crippen LogP contribution >= 0.6 is 11.6 Å². The number of benzene rings is 1. The molecule has 1 N–H and O–H groups in total. The van der Waals surface area contributed by atoms with Crippen LogP contribution in [-0.4, -0.2) is 37.7 Å². The van der Waals surface area contributed by atoms with Crippen molar-refractivity contribution in [2.24, 2.45) is 5.92 Å². The average Bonchev–Trinajstić information content (AvgIpc) is 2.41. The lowest BCUT2D eigenvalue weighted by molar-refractivity contribution is -0.0497. The molecule has 1 heterocycles. The zero-order valence-corrected chi connectivity index (χ0v) is 13.0. The van der Waals surface area contributed by atoms with Crippen LogP contribution < -0.4 is 10.1 Å². The number of hydrogen-bond donors (Lipinski definition) is 1. The summed E-state index contributed by atoms with van der Waals surface area (Å²) in [4.78, 5) is 2.33. The highest BCUT2D eigenvalue weighted by Gasteiger charge is 2.22. The molecular formula is C15H21ClF2N2O. The molecule has 1 aromatic rings. The third-order valence-corrected chi connectivity index (χ3v) is 4.21. The molecule has 118 valence electrons. The van der Waals surface area contributed by atoms with E-state index in [-0.39, 0.29) is 10.8 Å². The highest BCUT2D eigenvalue weighted by atomic mass is 35.5. The first-order valence-electron chi connectivity index (χ1n) is 7.15. The molecule has 1 aliphatic heterocycles. The van der Waals surface area contributed by atoms with Crippen LogP contribution in [0.4, 0.5) is 14.5 Å². The van der Waals surface area contributed by atoms with Crippen molar-refractivity contribution in [2.45, 2.75) is 32.4 Å². The summed E-state index contributed by atoms with van der Waals surface area (Å²) in [5.41, 5.74) is 0.822. The van der Waals surface area contributed by atoms with Crippen LogP contribution in [0.1, 0.15) is 19.8 Å². The van der Waals surface area contributed by atoms with Crippen LogP contribution in [0.25, 0.3) is 0 Å². The number of likely N-dealkylation sites (tertiary alicyclic amines) is 1. The van der Waals surface area contributed by atoms with E-state index in [1.807, 2.05) is 0 Å². The maximum atomic E-state index is 12.2. The molecule has 0 radical (unpaired) electrons. The summed E-state index contributed by atoms with van der Waals surface area (Å²) in [5.74, 6) is 0.571. The Balaban J connectivity index is 1.97. The van der Waals surface area contributed by atoms with Gasteiger partial charge in [0.15, 0.2) is 0 Å². The highest BCUT2D eigenvalue weighted by Crippen LogP contribution is 2.30. The fourth-order valence-electron chi connectivity index (χ4n) is 2.78. The quantitative estimate of drug-likeness (QED) is 0.885. The second kappa shape index (κ2) is 7.27. The second-order valence-electron chi connectivity index (χ2n) is 5.62. The zero-order chi connectivity index (χ0) is 15.4. The molecule has 2 unspecified atom stereocenters. The van der Waals surface area contributed by atoms with Crippen molar-refractivity contribution >= 4 is 17.3 Å². The Morgan fingerprint density at radius 2 is 2.19 bits per heavy atom. The van der Waals surface area contributed by atoms with Crippen molar-refractivity contribution in [3.63, 3.8) is 0 Å². The minimum Gasteiger partial charge on any atom is -0.433 e. The molecule has 0 spiro atoms. The lowest BCUT2D eigenvalue weighted by Gasteiger charge is -2.34. The Labute approximate surface area is 129 Å². The van der Waals surface area contributed by atoms with Gasteiger partial charge in [-0.2, -0.15) is 8.78 Å². The number of piperidine rings is 1. The van der Waals surface area contributed by atoms with Crippen molar-refractivity contribution in [2.75, 3.05) is 25.5 Å². The second-order valence-corrected chi connectivity index (χ2v) is 6.03. The van der Waals surface area contributed by atoms with Gasteiger partial charge in [-0.3, -0.25) is 0 Å². The summed E-state index contributed by atoms with van der Waals surface area (Å²) in [6.45, 7) is 1.49. The van der Waals surface area contributed by atoms with Gasteiger partial charge < -0.3 is 15.0 Å². The molecule has 1 fully saturated rings. The molecule has 3 nitrogen and oxygen atoms in total. The summed E-state index contributed by atoms with van der Waals surface area (Å²) in [5, 5.41) is 3.59. The van der Waals surface area contributed by atoms with Crippen molar-refractivity contribution in [1.29, 1.82) is 0 Å². The average molecular weight is 319 g/mol. The molecule has 1 aliphatic rings. The first-order chi connectivity index (χ1) is 9.95. The van der Waals surface area contributed by atoms with Gasteiger partial charge >= 0.3 is 6.61 Å². The summed E-state index contributed by atoms with van der Waals surface area (Å²) < 4.78 is 28.7. The Morgan fingerprint density at radius 3 is 2.81 bits per heavy atom. The van der Waals surface area contributed by atoms with E-state index in [4.69, 9.17) is 11.6 Å². The van der Waals surface area contributed by atoms with E-state index in [1.165, 1.54) is 18.9 Å². The van der Waals surface area contributed by atoms with Crippen LogP contribution in [0.3, 0.4) is 0 Å². The molecule has 0 bridgehead atoms. The first kappa shape index (κ1) is 16.3. The van der Waals surface area contributed by atoms with E-state index >= 15 is 0 Å². The summed E-state index contributed by atoms with van der Waals surface area (Å²) >= 11 is 5.96. The van der Waals surface area contributed by atoms with Gasteiger partial charge in [0.1, 0.15) is 5.75 Å². The first-order valence-corrected chi connectivity index (χ1v) is 7.53. The molecule has 0 amide bonds. The van der Waals surface area contributed by atoms with Gasteiger partial charge in [-0.25, -0.2) is 0 Å². The van der Waals surface area contributed by atoms with Crippen LogP contribution in [0.5, 0.6) is 5.75 Å². The molecule has 6 heteroatoms. The fourth-order valence-corrected chi connectivity index (χ4v) is 3.00. The van der Waals surface area contributed by atoms with Crippen LogP contribution in [0.15, 0.2) is 18.2 Å². The minimum absolute atomic E-state index is 0.00210. The van der Waals surface area contributed by atoms with Crippen LogP contribution in [0.2, 0.25) is 5.02 Å². The van der Waals surface area contributed by atoms with Gasteiger partial charge in [-0.1, -0.05) is 11.6 Å². The Hall–Kier alpha value is -1.07. The number of anilines is 1. The largest absolute Gasteiger partial charge is 0.433 e. The van der Waals surface area contributed by atoms with E-state index in [1.54, 1.807) is 12.1 Å². The van der Waals surface area contributed by atoms with Gasteiger partial charge in [-0.05, 0) is 57.5 Å². The number of ether oxygens (including phenoxy) is 1. The molecule has 2 rings (SSSR count). The third-order valence-electron chi connectivity index (χ3n) is 3.91. The molecule has 0 saturated carbocycles. The SMILES string of the molecule is CC(Nc1ccc(OC(F)F)c(Cl)c1)C1CCCN(C)C1. The topological polar surface area (TPSA) is 24.5 Å². The summed E-state index contributed by atoms with van der Waals surface area (Å²) in [6.07, 6.45) is 2.40. The van der Waals surface area contributed by atoms with Gasteiger partial charge in [0.2, 0.25) is 0 Å². The fraction of sp³-hybridized carbons (Fsp3) is 0.600. The maximum Gasteiger partial charge on any atom is 0.387 e. The molecule has 1 aromatic carbocycles. The number of nitrogens with one attached hydrogen (secondary N) is 1. The van der Waals surface area contributed by atoms with E-state index in [2.05, 4.69) is 28.9 Å². The van der Waals surface area contributed by atoms with Gasteiger partial charge in [0, 0.05) is 18.3 Å². The number of nitrogens with zero attached hydrogens (tertiary/aromatic N) is 1. The smallest absolute Gasteiger partial charge is 0.387 e. The zero-order valence-electron chi connectivity index (χ0n) is 12.3. The molecule has 2 atom stereocenters. The van der Waals surface area contributed by atoms with Crippen molar-refractivity contribution < 1.29 is 13.5 Å². The highest BCUT2D eigenvalue weighted by molar-refractivity contribution is 6.32. The molecule has 1 saturated heterocycles. The van der Waals surface area contributed by atoms with Crippen molar-refractivity contribution in [3.8, 4) is 5.75 Å². The standard InChI is InChI=1S/C15H21ClF2N2O/c1-10(11-4-3-7-20(2)9-11)19-12-5-6-14(13(16)8-12)21-15(17)18/h5-6,8,10-11,15,19H,3-4,7,9H2,1-2H3. The monoisotopic (exact) mass is 318 g/mol. The molecule has 21 heavy (non-hydrogen) atoms. The van der Waals surface area contributed by atoms with Gasteiger partial charge in [0.05, 0.1) is 5.02 Å². The van der Waals surface area contributed by atoms with E-state index < -0.39 is 6.61 Å². The Morgan fingerprint density at radius 1 is 1.43 bits per heavy atom. The van der Waals surface area contributed by atoms with Crippen molar-refractivity contribution in [1.82, 2.24) is 4.90 Å². The van der Waals surface area contributed by atoms with E-state index in [9.17, 15) is 8.78 Å². The van der Waals surface area contributed by atoms with Crippen LogP contribution in [-0.2, 0) is 0 Å². The summed E-state index contributed by atoms with van der Waals surface area (Å²) in [6, 6.07) is 5.11. The third kappa shape index (κ3) is 4.71. The summed E-state index contributed by atoms with van der Waals surface area (Å²) in [7, 11) is 2.13. The number of hydrogen-bond acceptors (Lipinski definition) is 3. The minimum atomic E-state index is -2.86. The predicted octanol–water partition coefficient (Wildman–Crippen LogP) is 4.08. The Kier molecular flexibility index (Phi) is 5.65. The number of rotatable bonds is 5. The van der Waals surface area contributed by atoms with Gasteiger partial charge in [0.25, 0.3) is 0 Å². The lowest BCUT2D eigenvalue weighted by atomic mass is 9.92. The molecular weight excluding hydrogens is 298 g/mol.